The van der Waals surface area contributed by atoms with Crippen LogP contribution < -0.4 is 10.6 Å². The number of hydrogen-bond donors (Lipinski definition) is 1. The van der Waals surface area contributed by atoms with Crippen molar-refractivity contribution >= 4 is 17.3 Å². The van der Waals surface area contributed by atoms with Gasteiger partial charge in [0.25, 0.3) is 0 Å². The first-order chi connectivity index (χ1) is 9.65. The predicted molar refractivity (Wildman–Crippen MR) is 86.5 cm³/mol. The fourth-order valence-corrected chi connectivity index (χ4v) is 4.20. The zero-order chi connectivity index (χ0) is 14.1. The highest BCUT2D eigenvalue weighted by atomic mass is 35.5. The fraction of sp³-hybridized carbons (Fsp3) is 0.647. The first-order valence-electron chi connectivity index (χ1n) is 7.96. The molecule has 0 bridgehead atoms. The Morgan fingerprint density at radius 1 is 1.30 bits per heavy atom. The molecule has 1 aromatic carbocycles. The van der Waals surface area contributed by atoms with Crippen molar-refractivity contribution in [3.05, 3.63) is 28.8 Å². The molecule has 0 aromatic heterocycles. The topological polar surface area (TPSA) is 29.3 Å². The molecule has 0 spiro atoms. The monoisotopic (exact) mass is 292 g/mol. The second kappa shape index (κ2) is 5.95. The van der Waals surface area contributed by atoms with Crippen LogP contribution in [0.1, 0.15) is 44.6 Å². The summed E-state index contributed by atoms with van der Waals surface area (Å²) in [5.74, 6) is 0.894. The van der Waals surface area contributed by atoms with E-state index in [9.17, 15) is 0 Å². The molecule has 2 aliphatic rings. The van der Waals surface area contributed by atoms with Crippen LogP contribution >= 0.6 is 11.6 Å². The molecule has 1 aliphatic carbocycles. The minimum absolute atomic E-state index is 0.194. The Kier molecular flexibility index (Phi) is 4.23. The highest BCUT2D eigenvalue weighted by Crippen LogP contribution is 2.40. The van der Waals surface area contributed by atoms with Gasteiger partial charge in [-0.15, -0.1) is 0 Å². The van der Waals surface area contributed by atoms with Crippen molar-refractivity contribution in [1.82, 2.24) is 0 Å². The van der Waals surface area contributed by atoms with Gasteiger partial charge >= 0.3 is 0 Å². The van der Waals surface area contributed by atoms with Gasteiger partial charge in [-0.3, -0.25) is 0 Å². The van der Waals surface area contributed by atoms with Crippen LogP contribution in [0.4, 0.5) is 5.69 Å². The number of hydrogen-bond acceptors (Lipinski definition) is 2. The van der Waals surface area contributed by atoms with Crippen molar-refractivity contribution in [3.8, 4) is 0 Å². The van der Waals surface area contributed by atoms with E-state index in [1.807, 2.05) is 6.07 Å². The summed E-state index contributed by atoms with van der Waals surface area (Å²) >= 11 is 6.25. The normalized spacial score (nSPS) is 27.4. The lowest BCUT2D eigenvalue weighted by Crippen LogP contribution is -2.35. The van der Waals surface area contributed by atoms with E-state index in [1.54, 1.807) is 0 Å². The Balaban J connectivity index is 1.90. The second-order valence-corrected chi connectivity index (χ2v) is 6.98. The van der Waals surface area contributed by atoms with Crippen LogP contribution in [0.2, 0.25) is 5.02 Å². The summed E-state index contributed by atoms with van der Waals surface area (Å²) in [5, 5.41) is 0.840. The fourth-order valence-electron chi connectivity index (χ4n) is 4.03. The summed E-state index contributed by atoms with van der Waals surface area (Å²) in [4.78, 5) is 2.62. The standard InChI is InChI=1S/C17H25ClN2/c1-12(19)10-14-6-7-15(18)11-17(14)20-9-8-13-4-2-3-5-16(13)20/h6-7,11-13,16H,2-5,8-10,19H2,1H3. The molecule has 1 saturated heterocycles. The van der Waals surface area contributed by atoms with E-state index in [1.165, 1.54) is 49.9 Å². The van der Waals surface area contributed by atoms with Crippen molar-refractivity contribution in [2.24, 2.45) is 11.7 Å². The molecule has 2 N–H and O–H groups in total. The Hall–Kier alpha value is -0.730. The van der Waals surface area contributed by atoms with E-state index in [2.05, 4.69) is 24.0 Å². The zero-order valence-electron chi connectivity index (χ0n) is 12.3. The maximum Gasteiger partial charge on any atom is 0.0426 e. The summed E-state index contributed by atoms with van der Waals surface area (Å²) in [7, 11) is 0. The third-order valence-electron chi connectivity index (χ3n) is 4.91. The van der Waals surface area contributed by atoms with Gasteiger partial charge in [-0.1, -0.05) is 30.5 Å². The highest BCUT2D eigenvalue weighted by molar-refractivity contribution is 6.30. The lowest BCUT2D eigenvalue weighted by molar-refractivity contribution is 0.342. The van der Waals surface area contributed by atoms with Gasteiger partial charge in [0.05, 0.1) is 0 Å². The summed E-state index contributed by atoms with van der Waals surface area (Å²) in [6.45, 7) is 3.26. The summed E-state index contributed by atoms with van der Waals surface area (Å²) in [5.41, 5.74) is 8.70. The molecular weight excluding hydrogens is 268 g/mol. The van der Waals surface area contributed by atoms with Crippen LogP contribution in [0.3, 0.4) is 0 Å². The number of anilines is 1. The number of nitrogens with zero attached hydrogens (tertiary/aromatic N) is 1. The molecule has 1 heterocycles. The SMILES string of the molecule is CC(N)Cc1ccc(Cl)cc1N1CCC2CCCCC21. The van der Waals surface area contributed by atoms with E-state index in [-0.39, 0.29) is 6.04 Å². The van der Waals surface area contributed by atoms with Crippen LogP contribution in [0.15, 0.2) is 18.2 Å². The molecule has 3 unspecified atom stereocenters. The third kappa shape index (κ3) is 2.82. The maximum atomic E-state index is 6.25. The first kappa shape index (κ1) is 14.2. The van der Waals surface area contributed by atoms with Crippen molar-refractivity contribution in [3.63, 3.8) is 0 Å². The van der Waals surface area contributed by atoms with Crippen molar-refractivity contribution < 1.29 is 0 Å². The van der Waals surface area contributed by atoms with E-state index >= 15 is 0 Å². The lowest BCUT2D eigenvalue weighted by atomic mass is 9.85. The Labute approximate surface area is 127 Å². The van der Waals surface area contributed by atoms with Crippen LogP contribution in [0, 0.1) is 5.92 Å². The molecule has 20 heavy (non-hydrogen) atoms. The molecule has 1 aliphatic heterocycles. The van der Waals surface area contributed by atoms with E-state index < -0.39 is 0 Å². The summed E-state index contributed by atoms with van der Waals surface area (Å²) in [6, 6.07) is 7.23. The zero-order valence-corrected chi connectivity index (χ0v) is 13.1. The van der Waals surface area contributed by atoms with Gasteiger partial charge in [0, 0.05) is 29.3 Å². The second-order valence-electron chi connectivity index (χ2n) is 6.55. The van der Waals surface area contributed by atoms with Gasteiger partial charge in [-0.2, -0.15) is 0 Å². The molecule has 0 radical (unpaired) electrons. The Morgan fingerprint density at radius 2 is 2.10 bits per heavy atom. The molecule has 1 saturated carbocycles. The van der Waals surface area contributed by atoms with Gasteiger partial charge in [-0.25, -0.2) is 0 Å². The van der Waals surface area contributed by atoms with Gasteiger partial charge in [-0.05, 0) is 56.2 Å². The van der Waals surface area contributed by atoms with Gasteiger partial charge in [0.1, 0.15) is 0 Å². The highest BCUT2D eigenvalue weighted by Gasteiger charge is 2.36. The van der Waals surface area contributed by atoms with E-state index in [0.717, 1.165) is 23.4 Å². The van der Waals surface area contributed by atoms with Gasteiger partial charge < -0.3 is 10.6 Å². The predicted octanol–water partition coefficient (Wildman–Crippen LogP) is 4.00. The molecule has 3 heteroatoms. The summed E-state index contributed by atoms with van der Waals surface area (Å²) < 4.78 is 0. The average Bonchev–Trinajstić information content (AvgIpc) is 2.84. The Morgan fingerprint density at radius 3 is 2.90 bits per heavy atom. The first-order valence-corrected chi connectivity index (χ1v) is 8.33. The Bertz CT molecular complexity index is 472. The quantitative estimate of drug-likeness (QED) is 0.912. The molecular formula is C17H25ClN2. The van der Waals surface area contributed by atoms with Crippen molar-refractivity contribution in [2.75, 3.05) is 11.4 Å². The smallest absolute Gasteiger partial charge is 0.0426 e. The number of fused-ring (bicyclic) bond motifs is 1. The number of rotatable bonds is 3. The summed E-state index contributed by atoms with van der Waals surface area (Å²) in [6.07, 6.45) is 7.81. The largest absolute Gasteiger partial charge is 0.368 e. The minimum atomic E-state index is 0.194. The molecule has 110 valence electrons. The molecule has 0 amide bonds. The van der Waals surface area contributed by atoms with E-state index in [0.29, 0.717) is 0 Å². The average molecular weight is 293 g/mol. The molecule has 3 rings (SSSR count). The third-order valence-corrected chi connectivity index (χ3v) is 5.14. The van der Waals surface area contributed by atoms with Gasteiger partial charge in [0.15, 0.2) is 0 Å². The molecule has 2 nitrogen and oxygen atoms in total. The number of nitrogens with two attached hydrogens (primary N) is 1. The van der Waals surface area contributed by atoms with Crippen molar-refractivity contribution in [2.45, 2.75) is 57.5 Å². The maximum absolute atomic E-state index is 6.25. The van der Waals surface area contributed by atoms with Crippen molar-refractivity contribution in [1.29, 1.82) is 0 Å². The molecule has 3 atom stereocenters. The van der Waals surface area contributed by atoms with Crippen LogP contribution in [-0.2, 0) is 6.42 Å². The minimum Gasteiger partial charge on any atom is -0.368 e. The molecule has 1 aromatic rings. The van der Waals surface area contributed by atoms with Crippen LogP contribution in [-0.4, -0.2) is 18.6 Å². The number of halogens is 1. The van der Waals surface area contributed by atoms with Gasteiger partial charge in [0.2, 0.25) is 0 Å². The number of benzene rings is 1. The van der Waals surface area contributed by atoms with Crippen LogP contribution in [0.25, 0.3) is 0 Å². The molecule has 2 fully saturated rings. The lowest BCUT2D eigenvalue weighted by Gasteiger charge is -2.34. The van der Waals surface area contributed by atoms with Crippen LogP contribution in [0.5, 0.6) is 0 Å². The van der Waals surface area contributed by atoms with E-state index in [4.69, 9.17) is 17.3 Å².